The van der Waals surface area contributed by atoms with Crippen molar-refractivity contribution in [2.24, 2.45) is 0 Å². The van der Waals surface area contributed by atoms with Crippen LogP contribution in [0.5, 0.6) is 0 Å². The largest absolute Gasteiger partial charge is 0.452 e. The normalized spacial score (nSPS) is 11.0. The molecule has 1 amide bonds. The molecule has 12 heteroatoms. The van der Waals surface area contributed by atoms with E-state index in [1.165, 1.54) is 18.2 Å². The molecule has 0 fully saturated rings. The maximum absolute atomic E-state index is 13.1. The highest BCUT2D eigenvalue weighted by Crippen LogP contribution is 2.37. The lowest BCUT2D eigenvalue weighted by atomic mass is 10.1. The summed E-state index contributed by atoms with van der Waals surface area (Å²) in [6.07, 6.45) is -4.96. The van der Waals surface area contributed by atoms with Crippen LogP contribution in [0.25, 0.3) is 0 Å². The van der Waals surface area contributed by atoms with Crippen LogP contribution in [0.3, 0.4) is 0 Å². The highest BCUT2D eigenvalue weighted by Gasteiger charge is 2.35. The number of anilines is 1. The number of carbonyl (C=O) groups excluding carboxylic acids is 2. The Morgan fingerprint density at radius 2 is 1.71 bits per heavy atom. The van der Waals surface area contributed by atoms with Crippen LogP contribution >= 0.6 is 23.2 Å². The summed E-state index contributed by atoms with van der Waals surface area (Å²) in [6.45, 7) is -0.906. The van der Waals surface area contributed by atoms with Crippen molar-refractivity contribution in [1.82, 2.24) is 0 Å². The summed E-state index contributed by atoms with van der Waals surface area (Å²) in [6, 6.07) is 5.63. The van der Waals surface area contributed by atoms with Crippen LogP contribution in [0.2, 0.25) is 10.0 Å². The number of hydrogen-bond acceptors (Lipinski definition) is 5. The Kier molecular flexibility index (Phi) is 6.47. The van der Waals surface area contributed by atoms with E-state index < -0.39 is 46.5 Å². The SMILES string of the molecule is O=C(COC(=O)c1cc(Cl)cc(Cl)c1)Nc1ccc([N+](=O)[O-])cc1C(F)(F)F. The van der Waals surface area contributed by atoms with Crippen molar-refractivity contribution >= 4 is 46.5 Å². The van der Waals surface area contributed by atoms with Gasteiger partial charge in [0.25, 0.3) is 11.6 Å². The third-order valence-corrected chi connectivity index (χ3v) is 3.66. The van der Waals surface area contributed by atoms with Crippen molar-refractivity contribution in [2.75, 3.05) is 11.9 Å². The molecule has 0 saturated carbocycles. The Bertz CT molecular complexity index is 930. The number of esters is 1. The summed E-state index contributed by atoms with van der Waals surface area (Å²) in [5.41, 5.74) is -2.99. The van der Waals surface area contributed by atoms with E-state index in [9.17, 15) is 32.9 Å². The summed E-state index contributed by atoms with van der Waals surface area (Å²) < 4.78 is 43.9. The van der Waals surface area contributed by atoms with Gasteiger partial charge in [-0.2, -0.15) is 13.2 Å². The van der Waals surface area contributed by atoms with Gasteiger partial charge in [-0.05, 0) is 24.3 Å². The Hall–Kier alpha value is -2.85. The van der Waals surface area contributed by atoms with Gasteiger partial charge in [-0.25, -0.2) is 4.79 Å². The number of halogens is 5. The summed E-state index contributed by atoms with van der Waals surface area (Å²) in [4.78, 5) is 33.4. The Morgan fingerprint density at radius 1 is 1.11 bits per heavy atom. The third kappa shape index (κ3) is 5.57. The first-order valence-electron chi connectivity index (χ1n) is 7.26. The van der Waals surface area contributed by atoms with Crippen molar-refractivity contribution in [2.45, 2.75) is 6.18 Å². The van der Waals surface area contributed by atoms with Gasteiger partial charge in [-0.15, -0.1) is 0 Å². The van der Waals surface area contributed by atoms with Crippen molar-refractivity contribution in [3.8, 4) is 0 Å². The molecule has 1 N–H and O–H groups in total. The summed E-state index contributed by atoms with van der Waals surface area (Å²) in [5, 5.41) is 12.8. The van der Waals surface area contributed by atoms with Gasteiger partial charge < -0.3 is 10.1 Å². The molecule has 0 aliphatic heterocycles. The second kappa shape index (κ2) is 8.44. The fraction of sp³-hybridized carbons (Fsp3) is 0.125. The lowest BCUT2D eigenvalue weighted by Gasteiger charge is -2.13. The van der Waals surface area contributed by atoms with E-state index >= 15 is 0 Å². The molecular formula is C16H9Cl2F3N2O5. The Morgan fingerprint density at radius 3 is 2.25 bits per heavy atom. The van der Waals surface area contributed by atoms with Crippen LogP contribution in [0.1, 0.15) is 15.9 Å². The number of amides is 1. The number of nitro groups is 1. The zero-order valence-corrected chi connectivity index (χ0v) is 15.1. The van der Waals surface area contributed by atoms with Gasteiger partial charge in [-0.1, -0.05) is 23.2 Å². The summed E-state index contributed by atoms with van der Waals surface area (Å²) >= 11 is 11.5. The van der Waals surface area contributed by atoms with Crippen LogP contribution in [0.4, 0.5) is 24.5 Å². The van der Waals surface area contributed by atoms with E-state index in [1.54, 1.807) is 0 Å². The molecular weight excluding hydrogens is 428 g/mol. The van der Waals surface area contributed by atoms with E-state index in [2.05, 4.69) is 0 Å². The second-order valence-corrected chi connectivity index (χ2v) is 6.14. The number of nitro benzene ring substituents is 1. The van der Waals surface area contributed by atoms with Gasteiger partial charge in [-0.3, -0.25) is 14.9 Å². The number of alkyl halides is 3. The van der Waals surface area contributed by atoms with Gasteiger partial charge in [0.05, 0.1) is 21.7 Å². The third-order valence-electron chi connectivity index (χ3n) is 3.23. The minimum atomic E-state index is -4.96. The van der Waals surface area contributed by atoms with Crippen molar-refractivity contribution in [3.63, 3.8) is 0 Å². The topological polar surface area (TPSA) is 98.5 Å². The molecule has 0 atom stereocenters. The van der Waals surface area contributed by atoms with Gasteiger partial charge in [0.1, 0.15) is 0 Å². The minimum absolute atomic E-state index is 0.0587. The van der Waals surface area contributed by atoms with Gasteiger partial charge in [0.15, 0.2) is 6.61 Å². The zero-order chi connectivity index (χ0) is 21.1. The Balaban J connectivity index is 2.10. The fourth-order valence-corrected chi connectivity index (χ4v) is 2.59. The maximum Gasteiger partial charge on any atom is 0.418 e. The van der Waals surface area contributed by atoms with Crippen LogP contribution < -0.4 is 5.32 Å². The molecule has 0 aliphatic rings. The van der Waals surface area contributed by atoms with Crippen molar-refractivity contribution in [3.05, 3.63) is 67.7 Å². The number of carbonyl (C=O) groups is 2. The fourth-order valence-electron chi connectivity index (χ4n) is 2.06. The number of hydrogen-bond donors (Lipinski definition) is 1. The second-order valence-electron chi connectivity index (χ2n) is 5.27. The highest BCUT2D eigenvalue weighted by molar-refractivity contribution is 6.35. The number of nitrogens with one attached hydrogen (secondary N) is 1. The van der Waals surface area contributed by atoms with Crippen LogP contribution in [0, 0.1) is 10.1 Å². The van der Waals surface area contributed by atoms with Crippen LogP contribution in [0.15, 0.2) is 36.4 Å². The van der Waals surface area contributed by atoms with E-state index in [0.29, 0.717) is 0 Å². The smallest absolute Gasteiger partial charge is 0.418 e. The predicted molar refractivity (Wildman–Crippen MR) is 93.5 cm³/mol. The number of non-ortho nitro benzene ring substituents is 1. The molecule has 0 aromatic heterocycles. The van der Waals surface area contributed by atoms with Gasteiger partial charge in [0, 0.05) is 22.2 Å². The molecule has 0 heterocycles. The molecule has 0 spiro atoms. The average molecular weight is 437 g/mol. The van der Waals surface area contributed by atoms with E-state index in [-0.39, 0.29) is 21.7 Å². The molecule has 0 saturated heterocycles. The zero-order valence-electron chi connectivity index (χ0n) is 13.5. The number of rotatable bonds is 5. The lowest BCUT2D eigenvalue weighted by molar-refractivity contribution is -0.385. The Labute approximate surface area is 165 Å². The molecule has 2 aromatic rings. The van der Waals surface area contributed by atoms with Crippen molar-refractivity contribution < 1.29 is 32.4 Å². The van der Waals surface area contributed by atoms with Gasteiger partial charge >= 0.3 is 12.1 Å². The number of benzene rings is 2. The van der Waals surface area contributed by atoms with E-state index in [1.807, 2.05) is 5.32 Å². The van der Waals surface area contributed by atoms with E-state index in [4.69, 9.17) is 27.9 Å². The molecule has 0 radical (unpaired) electrons. The first-order chi connectivity index (χ1) is 13.0. The average Bonchev–Trinajstić information content (AvgIpc) is 2.58. The lowest BCUT2D eigenvalue weighted by Crippen LogP contribution is -2.23. The monoisotopic (exact) mass is 436 g/mol. The first kappa shape index (κ1) is 21.5. The number of ether oxygens (including phenoxy) is 1. The quantitative estimate of drug-likeness (QED) is 0.415. The standard InChI is InChI=1S/C16H9Cl2F3N2O5/c17-9-3-8(4-10(18)5-9)15(25)28-7-14(24)22-13-2-1-11(23(26)27)6-12(13)16(19,20)21/h1-6H,7H2,(H,22,24). The van der Waals surface area contributed by atoms with E-state index in [0.717, 1.165) is 12.1 Å². The van der Waals surface area contributed by atoms with Crippen LogP contribution in [-0.2, 0) is 15.7 Å². The summed E-state index contributed by atoms with van der Waals surface area (Å²) in [7, 11) is 0. The molecule has 0 bridgehead atoms. The molecule has 148 valence electrons. The molecule has 28 heavy (non-hydrogen) atoms. The number of nitrogens with zero attached hydrogens (tertiary/aromatic N) is 1. The van der Waals surface area contributed by atoms with Crippen molar-refractivity contribution in [1.29, 1.82) is 0 Å². The van der Waals surface area contributed by atoms with Crippen LogP contribution in [-0.4, -0.2) is 23.4 Å². The minimum Gasteiger partial charge on any atom is -0.452 e. The maximum atomic E-state index is 13.1. The molecule has 0 aliphatic carbocycles. The molecule has 2 rings (SSSR count). The molecule has 7 nitrogen and oxygen atoms in total. The first-order valence-corrected chi connectivity index (χ1v) is 8.01. The molecule has 0 unspecified atom stereocenters. The molecule has 2 aromatic carbocycles. The van der Waals surface area contributed by atoms with Gasteiger partial charge in [0.2, 0.25) is 0 Å². The highest BCUT2D eigenvalue weighted by atomic mass is 35.5. The summed E-state index contributed by atoms with van der Waals surface area (Å²) in [5.74, 6) is -2.06. The predicted octanol–water partition coefficient (Wildman–Crippen LogP) is 4.72.